The quantitative estimate of drug-likeness (QED) is 0.136. The van der Waals surface area contributed by atoms with E-state index in [-0.39, 0.29) is 11.3 Å². The summed E-state index contributed by atoms with van der Waals surface area (Å²) in [5.41, 5.74) is 1.98. The van der Waals surface area contributed by atoms with Crippen LogP contribution in [0.4, 0.5) is 0 Å². The molecule has 0 bridgehead atoms. The van der Waals surface area contributed by atoms with Crippen molar-refractivity contribution in [1.82, 2.24) is 4.90 Å². The lowest BCUT2D eigenvalue weighted by atomic mass is 9.94. The number of aliphatic hydroxyl groups excluding tert-OH is 1. The van der Waals surface area contributed by atoms with Crippen molar-refractivity contribution in [2.24, 2.45) is 5.92 Å². The van der Waals surface area contributed by atoms with Crippen LogP contribution in [0.15, 0.2) is 78.4 Å². The van der Waals surface area contributed by atoms with E-state index in [0.29, 0.717) is 60.5 Å². The summed E-state index contributed by atoms with van der Waals surface area (Å²) < 4.78 is 17.1. The van der Waals surface area contributed by atoms with E-state index in [1.165, 1.54) is 4.90 Å². The van der Waals surface area contributed by atoms with Crippen LogP contribution in [0.1, 0.15) is 43.0 Å². The van der Waals surface area contributed by atoms with Crippen molar-refractivity contribution >= 4 is 17.4 Å². The van der Waals surface area contributed by atoms with Gasteiger partial charge in [0, 0.05) is 25.8 Å². The highest BCUT2D eigenvalue weighted by atomic mass is 16.5. The van der Waals surface area contributed by atoms with Gasteiger partial charge >= 0.3 is 0 Å². The van der Waals surface area contributed by atoms with E-state index in [1.54, 1.807) is 31.4 Å². The van der Waals surface area contributed by atoms with Gasteiger partial charge in [-0.3, -0.25) is 9.59 Å². The highest BCUT2D eigenvalue weighted by Crippen LogP contribution is 2.41. The van der Waals surface area contributed by atoms with Gasteiger partial charge in [0.1, 0.15) is 23.0 Å². The number of amides is 1. The van der Waals surface area contributed by atoms with Crippen molar-refractivity contribution in [3.05, 3.63) is 95.1 Å². The van der Waals surface area contributed by atoms with Gasteiger partial charge in [0.2, 0.25) is 0 Å². The zero-order valence-electron chi connectivity index (χ0n) is 22.8. The third-order valence-corrected chi connectivity index (χ3v) is 6.46. The molecule has 1 aliphatic rings. The Bertz CT molecular complexity index is 1350. The number of benzene rings is 3. The molecule has 3 aromatic rings. The third kappa shape index (κ3) is 6.49. The Labute approximate surface area is 229 Å². The Kier molecular flexibility index (Phi) is 9.04. The van der Waals surface area contributed by atoms with Crippen molar-refractivity contribution in [1.29, 1.82) is 0 Å². The smallest absolute Gasteiger partial charge is 0.295 e. The normalized spacial score (nSPS) is 16.6. The lowest BCUT2D eigenvalue weighted by molar-refractivity contribution is -0.140. The van der Waals surface area contributed by atoms with Crippen LogP contribution in [0.25, 0.3) is 5.76 Å². The Morgan fingerprint density at radius 3 is 2.41 bits per heavy atom. The fourth-order valence-corrected chi connectivity index (χ4v) is 4.58. The molecule has 0 saturated carbocycles. The number of likely N-dealkylation sites (tertiary alicyclic amines) is 1. The van der Waals surface area contributed by atoms with Crippen molar-refractivity contribution in [2.45, 2.75) is 33.2 Å². The number of hydrogen-bond donors (Lipinski definition) is 1. The molecule has 0 aliphatic carbocycles. The first kappa shape index (κ1) is 27.9. The number of ketones is 1. The number of nitrogens with zero attached hydrogens (tertiary/aromatic N) is 1. The second-order valence-corrected chi connectivity index (χ2v) is 10.0. The lowest BCUT2D eigenvalue weighted by Crippen LogP contribution is -2.31. The number of carbonyl (C=O) groups excluding carboxylic acids is 2. The van der Waals surface area contributed by atoms with Crippen molar-refractivity contribution < 1.29 is 28.9 Å². The summed E-state index contributed by atoms with van der Waals surface area (Å²) in [6, 6.07) is 21.1. The molecule has 204 valence electrons. The minimum absolute atomic E-state index is 0.0459. The average molecular weight is 530 g/mol. The van der Waals surface area contributed by atoms with Crippen LogP contribution >= 0.6 is 0 Å². The number of aryl methyl sites for hydroxylation is 1. The molecule has 1 amide bonds. The Morgan fingerprint density at radius 2 is 1.72 bits per heavy atom. The Morgan fingerprint density at radius 1 is 0.974 bits per heavy atom. The summed E-state index contributed by atoms with van der Waals surface area (Å²) >= 11 is 0. The van der Waals surface area contributed by atoms with Gasteiger partial charge in [0.05, 0.1) is 18.2 Å². The zero-order chi connectivity index (χ0) is 27.9. The molecule has 1 heterocycles. The van der Waals surface area contributed by atoms with Gasteiger partial charge in [-0.25, -0.2) is 0 Å². The molecule has 0 unspecified atom stereocenters. The number of aliphatic hydroxyl groups is 1. The van der Waals surface area contributed by atoms with E-state index >= 15 is 0 Å². The monoisotopic (exact) mass is 529 g/mol. The summed E-state index contributed by atoms with van der Waals surface area (Å²) in [6.45, 7) is 7.33. The van der Waals surface area contributed by atoms with E-state index in [9.17, 15) is 14.7 Å². The van der Waals surface area contributed by atoms with Crippen LogP contribution in [0, 0.1) is 12.8 Å². The maximum Gasteiger partial charge on any atom is 0.295 e. The van der Waals surface area contributed by atoms with Crippen LogP contribution in [0.5, 0.6) is 17.2 Å². The topological polar surface area (TPSA) is 85.3 Å². The van der Waals surface area contributed by atoms with E-state index in [4.69, 9.17) is 14.2 Å². The van der Waals surface area contributed by atoms with Crippen LogP contribution < -0.4 is 9.47 Å². The van der Waals surface area contributed by atoms with E-state index < -0.39 is 17.7 Å². The number of Topliss-reactive ketones (excluding diaryl/α,β-unsaturated/α-hetero) is 1. The molecule has 1 saturated heterocycles. The molecule has 7 nitrogen and oxygen atoms in total. The maximum atomic E-state index is 13.4. The highest BCUT2D eigenvalue weighted by molar-refractivity contribution is 6.46. The molecule has 4 rings (SSSR count). The van der Waals surface area contributed by atoms with Gasteiger partial charge in [-0.15, -0.1) is 0 Å². The molecule has 7 heteroatoms. The summed E-state index contributed by atoms with van der Waals surface area (Å²) in [6.07, 6.45) is 0.543. The molecule has 0 aromatic heterocycles. The fraction of sp³-hybridized carbons (Fsp3) is 0.312. The van der Waals surface area contributed by atoms with Gasteiger partial charge in [-0.05, 0) is 72.9 Å². The minimum Gasteiger partial charge on any atom is -0.507 e. The van der Waals surface area contributed by atoms with E-state index in [1.807, 2.05) is 55.5 Å². The molecule has 1 aliphatic heterocycles. The largest absolute Gasteiger partial charge is 0.507 e. The zero-order valence-corrected chi connectivity index (χ0v) is 22.8. The summed E-state index contributed by atoms with van der Waals surface area (Å²) in [5.74, 6) is 0.710. The van der Waals surface area contributed by atoms with Crippen LogP contribution in [0.2, 0.25) is 0 Å². The van der Waals surface area contributed by atoms with Crippen molar-refractivity contribution in [3.63, 3.8) is 0 Å². The standard InChI is InChI=1S/C32H35NO6/c1-21(2)20-38-27-15-14-24(18-22(27)3)30(34)28-29(33(16-9-17-37-4)32(36)31(28)35)23-10-8-13-26(19-23)39-25-11-6-5-7-12-25/h5-8,10-15,18-19,21,29,34H,9,16-17,20H2,1-4H3/t29-/m1/s1. The lowest BCUT2D eigenvalue weighted by Gasteiger charge is -2.25. The molecule has 1 N–H and O–H groups in total. The molecule has 0 spiro atoms. The van der Waals surface area contributed by atoms with Crippen LogP contribution in [-0.2, 0) is 14.3 Å². The van der Waals surface area contributed by atoms with Crippen molar-refractivity contribution in [3.8, 4) is 17.2 Å². The number of methoxy groups -OCH3 is 1. The Hall–Kier alpha value is -4.10. The number of ether oxygens (including phenoxy) is 3. The summed E-state index contributed by atoms with van der Waals surface area (Å²) in [4.78, 5) is 28.1. The molecule has 39 heavy (non-hydrogen) atoms. The molecule has 1 fully saturated rings. The Balaban J connectivity index is 1.75. The van der Waals surface area contributed by atoms with Crippen molar-refractivity contribution in [2.75, 3.05) is 26.9 Å². The number of para-hydroxylation sites is 1. The van der Waals surface area contributed by atoms with E-state index in [2.05, 4.69) is 13.8 Å². The SMILES string of the molecule is COCCCN1C(=O)C(=O)C(=C(O)c2ccc(OCC(C)C)c(C)c2)[C@H]1c1cccc(Oc2ccccc2)c1. The second kappa shape index (κ2) is 12.6. The van der Waals surface area contributed by atoms with Gasteiger partial charge in [0.15, 0.2) is 0 Å². The van der Waals surface area contributed by atoms with Gasteiger partial charge in [-0.2, -0.15) is 0 Å². The van der Waals surface area contributed by atoms with Crippen LogP contribution in [0.3, 0.4) is 0 Å². The van der Waals surface area contributed by atoms with E-state index in [0.717, 1.165) is 5.56 Å². The minimum atomic E-state index is -0.779. The first-order valence-corrected chi connectivity index (χ1v) is 13.1. The molecular formula is C32H35NO6. The van der Waals surface area contributed by atoms with Crippen LogP contribution in [-0.4, -0.2) is 48.6 Å². The van der Waals surface area contributed by atoms with Gasteiger partial charge in [-0.1, -0.05) is 44.2 Å². The molecule has 1 atom stereocenters. The first-order valence-electron chi connectivity index (χ1n) is 13.1. The fourth-order valence-electron chi connectivity index (χ4n) is 4.58. The highest BCUT2D eigenvalue weighted by Gasteiger charge is 2.46. The number of carbonyl (C=O) groups is 2. The van der Waals surface area contributed by atoms with Gasteiger partial charge < -0.3 is 24.2 Å². The predicted octanol–water partition coefficient (Wildman–Crippen LogP) is 6.28. The first-order chi connectivity index (χ1) is 18.8. The third-order valence-electron chi connectivity index (χ3n) is 6.46. The summed E-state index contributed by atoms with van der Waals surface area (Å²) in [7, 11) is 1.59. The predicted molar refractivity (Wildman–Crippen MR) is 150 cm³/mol. The second-order valence-electron chi connectivity index (χ2n) is 10.0. The molecule has 3 aromatic carbocycles. The average Bonchev–Trinajstić information content (AvgIpc) is 3.18. The van der Waals surface area contributed by atoms with Gasteiger partial charge in [0.25, 0.3) is 11.7 Å². The summed E-state index contributed by atoms with van der Waals surface area (Å²) in [5, 5.41) is 11.5. The molecule has 0 radical (unpaired) electrons. The molecular weight excluding hydrogens is 494 g/mol. The maximum absolute atomic E-state index is 13.4. The number of hydrogen-bond acceptors (Lipinski definition) is 6. The number of rotatable bonds is 11.